The van der Waals surface area contributed by atoms with Gasteiger partial charge in [-0.05, 0) is 71.4 Å². The maximum Gasteiger partial charge on any atom is 0.203 e. The van der Waals surface area contributed by atoms with Gasteiger partial charge in [-0.2, -0.15) is 0 Å². The number of allylic oxidation sites excluding steroid dienone is 1. The summed E-state index contributed by atoms with van der Waals surface area (Å²) in [5.41, 5.74) is -1.66. The predicted octanol–water partition coefficient (Wildman–Crippen LogP) is 6.72. The van der Waals surface area contributed by atoms with Crippen LogP contribution in [0.15, 0.2) is 47.2 Å². The Morgan fingerprint density at radius 3 is 2.14 bits per heavy atom. The molecular formula is C37H44O7. The molecule has 7 heteroatoms. The lowest BCUT2D eigenvalue weighted by atomic mass is 9.43. The fraction of sp³-hybridized carbons (Fsp3) is 0.486. The molecule has 3 aliphatic carbocycles. The minimum Gasteiger partial charge on any atom is -0.508 e. The van der Waals surface area contributed by atoms with E-state index in [1.807, 2.05) is 32.0 Å². The molecule has 0 spiro atoms. The second-order valence-electron chi connectivity index (χ2n) is 14.9. The third-order valence-electron chi connectivity index (χ3n) is 10.5. The first kappa shape index (κ1) is 31.7. The molecule has 4 atom stereocenters. The third kappa shape index (κ3) is 4.08. The van der Waals surface area contributed by atoms with E-state index in [9.17, 15) is 34.8 Å². The van der Waals surface area contributed by atoms with E-state index in [0.717, 1.165) is 23.6 Å². The van der Waals surface area contributed by atoms with Crippen LogP contribution in [0.2, 0.25) is 0 Å². The normalized spacial score (nSPS) is 28.7. The van der Waals surface area contributed by atoms with Gasteiger partial charge in [-0.3, -0.25) is 14.4 Å². The predicted molar refractivity (Wildman–Crippen MR) is 169 cm³/mol. The maximum absolute atomic E-state index is 14.6. The second-order valence-corrected chi connectivity index (χ2v) is 14.9. The summed E-state index contributed by atoms with van der Waals surface area (Å²) in [7, 11) is 0. The molecule has 1 fully saturated rings. The summed E-state index contributed by atoms with van der Waals surface area (Å²) in [5, 5.41) is 47.0. The number of carbonyl (C=O) groups is 3. The zero-order chi connectivity index (χ0) is 32.9. The number of aryl methyl sites for hydroxylation is 1. The number of hydrogen-bond donors (Lipinski definition) is 4. The Balaban J connectivity index is 1.82. The SMILES string of the molecule is CCc1cc(-c2ccc(C(C)(C)C)cc2)c2c(c1O)C(O)=C1C(=O)[C@@]3(O)C(O)=C(C(C)=O)C(=O)C(C(C)C)[C@@]3(C)C[C@@]1(C)C2. The fourth-order valence-electron chi connectivity index (χ4n) is 8.52. The number of rotatable bonds is 4. The smallest absolute Gasteiger partial charge is 0.203 e. The molecule has 0 aliphatic heterocycles. The van der Waals surface area contributed by atoms with Crippen LogP contribution in [0, 0.1) is 22.7 Å². The molecule has 1 unspecified atom stereocenters. The van der Waals surface area contributed by atoms with Crippen molar-refractivity contribution in [2.75, 3.05) is 0 Å². The standard InChI is InChI=1S/C37H44O7/c1-10-20-15-23(21-11-13-22(14-12-21)34(5,6)7)24-16-35(8)17-36(9)27(18(2)3)30(40)25(19(4)38)32(42)37(36,44)33(43)28(35)31(41)26(24)29(20)39/h11-15,18,27,39,41-42,44H,10,16-17H2,1-9H3/t27?,35-,36-,37+/m1/s1. The highest BCUT2D eigenvalue weighted by Gasteiger charge is 2.72. The van der Waals surface area contributed by atoms with Gasteiger partial charge in [0.2, 0.25) is 5.78 Å². The number of aromatic hydroxyl groups is 1. The summed E-state index contributed by atoms with van der Waals surface area (Å²) in [5.74, 6) is -5.16. The summed E-state index contributed by atoms with van der Waals surface area (Å²) in [6, 6.07) is 10.1. The Kier molecular flexibility index (Phi) is 7.13. The Morgan fingerprint density at radius 1 is 1.05 bits per heavy atom. The second kappa shape index (κ2) is 9.90. The first-order valence-electron chi connectivity index (χ1n) is 15.4. The van der Waals surface area contributed by atoms with Crippen LogP contribution >= 0.6 is 0 Å². The molecule has 3 aliphatic rings. The molecule has 0 amide bonds. The quantitative estimate of drug-likeness (QED) is 0.287. The van der Waals surface area contributed by atoms with Crippen molar-refractivity contribution in [3.05, 3.63) is 69.5 Å². The average Bonchev–Trinajstić information content (AvgIpc) is 2.90. The summed E-state index contributed by atoms with van der Waals surface area (Å²) in [6.45, 7) is 16.5. The molecule has 2 aromatic carbocycles. The number of hydrogen-bond acceptors (Lipinski definition) is 7. The number of phenols is 1. The lowest BCUT2D eigenvalue weighted by Crippen LogP contribution is -2.69. The van der Waals surface area contributed by atoms with Crippen molar-refractivity contribution in [1.29, 1.82) is 0 Å². The summed E-state index contributed by atoms with van der Waals surface area (Å²) in [4.78, 5) is 40.9. The van der Waals surface area contributed by atoms with E-state index in [1.54, 1.807) is 20.8 Å². The Labute approximate surface area is 259 Å². The zero-order valence-corrected chi connectivity index (χ0v) is 27.2. The molecule has 234 valence electrons. The molecule has 0 bridgehead atoms. The van der Waals surface area contributed by atoms with Gasteiger partial charge < -0.3 is 20.4 Å². The molecule has 44 heavy (non-hydrogen) atoms. The average molecular weight is 601 g/mol. The van der Waals surface area contributed by atoms with Crippen LogP contribution < -0.4 is 0 Å². The number of carbonyl (C=O) groups excluding carboxylic acids is 3. The van der Waals surface area contributed by atoms with E-state index in [1.165, 1.54) is 0 Å². The van der Waals surface area contributed by atoms with Gasteiger partial charge >= 0.3 is 0 Å². The largest absolute Gasteiger partial charge is 0.508 e. The van der Waals surface area contributed by atoms with Crippen LogP contribution in [0.5, 0.6) is 5.75 Å². The number of aliphatic hydroxyl groups is 3. The minimum atomic E-state index is -2.62. The topological polar surface area (TPSA) is 132 Å². The first-order chi connectivity index (χ1) is 20.3. The summed E-state index contributed by atoms with van der Waals surface area (Å²) in [6.07, 6.45) is 0.755. The number of aliphatic hydroxyl groups excluding tert-OH is 2. The lowest BCUT2D eigenvalue weighted by Gasteiger charge is -2.59. The van der Waals surface area contributed by atoms with Crippen LogP contribution in [0.3, 0.4) is 0 Å². The van der Waals surface area contributed by atoms with Gasteiger partial charge in [0.15, 0.2) is 17.2 Å². The summed E-state index contributed by atoms with van der Waals surface area (Å²) < 4.78 is 0. The van der Waals surface area contributed by atoms with Crippen LogP contribution in [0.1, 0.15) is 91.0 Å². The van der Waals surface area contributed by atoms with Gasteiger partial charge in [0.1, 0.15) is 22.8 Å². The molecule has 0 aromatic heterocycles. The van der Waals surface area contributed by atoms with E-state index in [2.05, 4.69) is 32.9 Å². The molecule has 1 saturated carbocycles. The number of fused-ring (bicyclic) bond motifs is 3. The highest BCUT2D eigenvalue weighted by Crippen LogP contribution is 2.65. The van der Waals surface area contributed by atoms with E-state index >= 15 is 0 Å². The molecular weight excluding hydrogens is 556 g/mol. The van der Waals surface area contributed by atoms with Crippen molar-refractivity contribution in [3.8, 4) is 16.9 Å². The van der Waals surface area contributed by atoms with Crippen molar-refractivity contribution < 1.29 is 34.8 Å². The Morgan fingerprint density at radius 2 is 1.64 bits per heavy atom. The number of phenolic OH excluding ortho intramolecular Hbond substituents is 1. The Hall–Kier alpha value is -3.71. The van der Waals surface area contributed by atoms with E-state index in [-0.39, 0.29) is 41.1 Å². The number of Topliss-reactive ketones (excluding diaryl/α,β-unsaturated/α-hetero) is 3. The van der Waals surface area contributed by atoms with E-state index in [4.69, 9.17) is 0 Å². The number of ketones is 3. The Bertz CT molecular complexity index is 1680. The van der Waals surface area contributed by atoms with Gasteiger partial charge in [-0.1, -0.05) is 79.7 Å². The van der Waals surface area contributed by atoms with Gasteiger partial charge in [0, 0.05) is 22.3 Å². The lowest BCUT2D eigenvalue weighted by molar-refractivity contribution is -0.178. The monoisotopic (exact) mass is 600 g/mol. The van der Waals surface area contributed by atoms with Crippen LogP contribution in [-0.4, -0.2) is 43.4 Å². The third-order valence-corrected chi connectivity index (χ3v) is 10.5. The van der Waals surface area contributed by atoms with Crippen molar-refractivity contribution in [2.24, 2.45) is 22.7 Å². The molecule has 0 saturated heterocycles. The minimum absolute atomic E-state index is 0.0494. The highest BCUT2D eigenvalue weighted by molar-refractivity contribution is 6.24. The zero-order valence-electron chi connectivity index (χ0n) is 27.2. The van der Waals surface area contributed by atoms with Crippen molar-refractivity contribution in [1.82, 2.24) is 0 Å². The molecule has 0 heterocycles. The first-order valence-corrected chi connectivity index (χ1v) is 15.4. The fourth-order valence-corrected chi connectivity index (χ4v) is 8.52. The molecule has 5 rings (SSSR count). The van der Waals surface area contributed by atoms with Gasteiger partial charge in [0.25, 0.3) is 0 Å². The maximum atomic E-state index is 14.6. The van der Waals surface area contributed by atoms with E-state index < -0.39 is 56.8 Å². The molecule has 4 N–H and O–H groups in total. The van der Waals surface area contributed by atoms with Gasteiger partial charge in [-0.15, -0.1) is 0 Å². The van der Waals surface area contributed by atoms with Crippen molar-refractivity contribution in [3.63, 3.8) is 0 Å². The van der Waals surface area contributed by atoms with Gasteiger partial charge in [-0.25, -0.2) is 0 Å². The highest BCUT2D eigenvalue weighted by atomic mass is 16.3. The molecule has 0 radical (unpaired) electrons. The molecule has 2 aromatic rings. The van der Waals surface area contributed by atoms with Crippen LogP contribution in [-0.2, 0) is 32.6 Å². The summed E-state index contributed by atoms with van der Waals surface area (Å²) >= 11 is 0. The molecule has 7 nitrogen and oxygen atoms in total. The van der Waals surface area contributed by atoms with Crippen molar-refractivity contribution in [2.45, 2.75) is 92.6 Å². The van der Waals surface area contributed by atoms with Crippen molar-refractivity contribution >= 4 is 23.1 Å². The number of benzene rings is 2. The van der Waals surface area contributed by atoms with E-state index in [0.29, 0.717) is 17.5 Å². The van der Waals surface area contributed by atoms with Gasteiger partial charge in [0.05, 0.1) is 5.56 Å². The van der Waals surface area contributed by atoms with Crippen LogP contribution in [0.4, 0.5) is 0 Å². The van der Waals surface area contributed by atoms with Crippen LogP contribution in [0.25, 0.3) is 16.9 Å².